The molecule has 21 heavy (non-hydrogen) atoms. The summed E-state index contributed by atoms with van der Waals surface area (Å²) in [4.78, 5) is 7.95. The molecule has 1 aromatic heterocycles. The summed E-state index contributed by atoms with van der Waals surface area (Å²) in [5.41, 5.74) is 4.35. The molecule has 1 aliphatic rings. The summed E-state index contributed by atoms with van der Waals surface area (Å²) in [6.45, 7) is 1.39. The van der Waals surface area contributed by atoms with Crippen LogP contribution in [0.3, 0.4) is 0 Å². The van der Waals surface area contributed by atoms with Gasteiger partial charge in [0.2, 0.25) is 0 Å². The minimum Gasteiger partial charge on any atom is -0.350 e. The fourth-order valence-corrected chi connectivity index (χ4v) is 2.61. The Morgan fingerprint density at radius 1 is 1.00 bits per heavy atom. The topological polar surface area (TPSA) is 47.1 Å². The standard InChI is InChI=1S/C17H16N2O2/c1-2-4-15-14(3-1)18-17(19-15)13-7-5-12(6-8-13)11-16-20-9-10-21-16/h1-8,16H,9-11H2,(H,18,19). The van der Waals surface area contributed by atoms with E-state index in [1.165, 1.54) is 5.56 Å². The Kier molecular flexibility index (Phi) is 3.18. The van der Waals surface area contributed by atoms with Gasteiger partial charge in [-0.3, -0.25) is 0 Å². The summed E-state index contributed by atoms with van der Waals surface area (Å²) in [7, 11) is 0. The van der Waals surface area contributed by atoms with Gasteiger partial charge in [0.15, 0.2) is 6.29 Å². The first kappa shape index (κ1) is 12.6. The Labute approximate surface area is 122 Å². The molecule has 1 N–H and O–H groups in total. The second-order valence-electron chi connectivity index (χ2n) is 5.17. The molecule has 2 heterocycles. The van der Waals surface area contributed by atoms with Crippen LogP contribution in [-0.4, -0.2) is 29.5 Å². The van der Waals surface area contributed by atoms with Crippen LogP contribution in [0.4, 0.5) is 0 Å². The fraction of sp³-hybridized carbons (Fsp3) is 0.235. The number of nitrogens with zero attached hydrogens (tertiary/aromatic N) is 1. The van der Waals surface area contributed by atoms with Crippen LogP contribution in [0.5, 0.6) is 0 Å². The molecule has 106 valence electrons. The second kappa shape index (κ2) is 5.31. The molecule has 0 atom stereocenters. The number of nitrogens with one attached hydrogen (secondary N) is 1. The number of H-pyrrole nitrogens is 1. The summed E-state index contributed by atoms with van der Waals surface area (Å²) in [6, 6.07) is 16.4. The predicted molar refractivity (Wildman–Crippen MR) is 80.9 cm³/mol. The van der Waals surface area contributed by atoms with Gasteiger partial charge in [-0.1, -0.05) is 36.4 Å². The van der Waals surface area contributed by atoms with Gasteiger partial charge in [-0.05, 0) is 17.7 Å². The number of ether oxygens (including phenoxy) is 2. The average Bonchev–Trinajstić information content (AvgIpc) is 3.16. The van der Waals surface area contributed by atoms with Gasteiger partial charge in [-0.2, -0.15) is 0 Å². The third kappa shape index (κ3) is 2.55. The number of fused-ring (bicyclic) bond motifs is 1. The Hall–Kier alpha value is -2.17. The van der Waals surface area contributed by atoms with E-state index in [1.54, 1.807) is 0 Å². The third-order valence-electron chi connectivity index (χ3n) is 3.71. The first-order chi connectivity index (χ1) is 10.4. The first-order valence-electron chi connectivity index (χ1n) is 7.16. The molecule has 4 heteroatoms. The highest BCUT2D eigenvalue weighted by Crippen LogP contribution is 2.21. The van der Waals surface area contributed by atoms with E-state index in [1.807, 2.05) is 24.3 Å². The van der Waals surface area contributed by atoms with E-state index in [-0.39, 0.29) is 6.29 Å². The lowest BCUT2D eigenvalue weighted by Crippen LogP contribution is -2.10. The van der Waals surface area contributed by atoms with Crippen molar-refractivity contribution in [1.82, 2.24) is 9.97 Å². The normalized spacial score (nSPS) is 15.8. The number of rotatable bonds is 3. The van der Waals surface area contributed by atoms with Crippen molar-refractivity contribution in [3.63, 3.8) is 0 Å². The molecular weight excluding hydrogens is 264 g/mol. The zero-order valence-corrected chi connectivity index (χ0v) is 11.6. The van der Waals surface area contributed by atoms with Gasteiger partial charge in [0, 0.05) is 12.0 Å². The van der Waals surface area contributed by atoms with Gasteiger partial charge in [-0.25, -0.2) is 4.98 Å². The molecule has 1 saturated heterocycles. The molecule has 0 saturated carbocycles. The van der Waals surface area contributed by atoms with Crippen molar-refractivity contribution in [2.45, 2.75) is 12.7 Å². The third-order valence-corrected chi connectivity index (χ3v) is 3.71. The van der Waals surface area contributed by atoms with E-state index < -0.39 is 0 Å². The van der Waals surface area contributed by atoms with Crippen LogP contribution >= 0.6 is 0 Å². The molecule has 1 fully saturated rings. The summed E-state index contributed by atoms with van der Waals surface area (Å²) < 4.78 is 10.9. The van der Waals surface area contributed by atoms with Crippen molar-refractivity contribution < 1.29 is 9.47 Å². The van der Waals surface area contributed by atoms with Crippen LogP contribution in [0, 0.1) is 0 Å². The number of hydrogen-bond acceptors (Lipinski definition) is 3. The van der Waals surface area contributed by atoms with Crippen molar-refractivity contribution in [2.24, 2.45) is 0 Å². The highest BCUT2D eigenvalue weighted by Gasteiger charge is 2.16. The zero-order chi connectivity index (χ0) is 14.1. The largest absolute Gasteiger partial charge is 0.350 e. The van der Waals surface area contributed by atoms with E-state index in [2.05, 4.69) is 34.2 Å². The Morgan fingerprint density at radius 2 is 1.76 bits per heavy atom. The maximum Gasteiger partial charge on any atom is 0.161 e. The van der Waals surface area contributed by atoms with Gasteiger partial charge < -0.3 is 14.5 Å². The summed E-state index contributed by atoms with van der Waals surface area (Å²) in [6.07, 6.45) is 0.697. The molecule has 0 unspecified atom stereocenters. The Morgan fingerprint density at radius 3 is 2.52 bits per heavy atom. The summed E-state index contributed by atoms with van der Waals surface area (Å²) in [5.74, 6) is 0.899. The van der Waals surface area contributed by atoms with Gasteiger partial charge in [-0.15, -0.1) is 0 Å². The SMILES string of the molecule is c1ccc2[nH]c(-c3ccc(CC4OCCO4)cc3)nc2c1. The molecule has 2 aromatic carbocycles. The highest BCUT2D eigenvalue weighted by molar-refractivity contribution is 5.79. The lowest BCUT2D eigenvalue weighted by atomic mass is 10.1. The minimum atomic E-state index is -0.0953. The number of benzene rings is 2. The summed E-state index contributed by atoms with van der Waals surface area (Å²) >= 11 is 0. The first-order valence-corrected chi connectivity index (χ1v) is 7.16. The zero-order valence-electron chi connectivity index (χ0n) is 11.6. The van der Waals surface area contributed by atoms with E-state index in [0.29, 0.717) is 13.2 Å². The molecule has 0 amide bonds. The molecule has 0 radical (unpaired) electrons. The lowest BCUT2D eigenvalue weighted by Gasteiger charge is -2.08. The number of imidazole rings is 1. The molecule has 0 aliphatic carbocycles. The van der Waals surface area contributed by atoms with Crippen LogP contribution in [0.15, 0.2) is 48.5 Å². The lowest BCUT2D eigenvalue weighted by molar-refractivity contribution is -0.0399. The molecule has 3 aromatic rings. The molecule has 0 spiro atoms. The molecule has 4 nitrogen and oxygen atoms in total. The van der Waals surface area contributed by atoms with Crippen LogP contribution < -0.4 is 0 Å². The van der Waals surface area contributed by atoms with Crippen molar-refractivity contribution in [3.05, 3.63) is 54.1 Å². The van der Waals surface area contributed by atoms with Gasteiger partial charge in [0.1, 0.15) is 5.82 Å². The van der Waals surface area contributed by atoms with Gasteiger partial charge >= 0.3 is 0 Å². The number of para-hydroxylation sites is 2. The van der Waals surface area contributed by atoms with Crippen LogP contribution in [0.1, 0.15) is 5.56 Å². The van der Waals surface area contributed by atoms with E-state index in [4.69, 9.17) is 9.47 Å². The van der Waals surface area contributed by atoms with E-state index in [0.717, 1.165) is 28.8 Å². The van der Waals surface area contributed by atoms with Gasteiger partial charge in [0.25, 0.3) is 0 Å². The van der Waals surface area contributed by atoms with Crippen LogP contribution in [0.25, 0.3) is 22.4 Å². The van der Waals surface area contributed by atoms with E-state index in [9.17, 15) is 0 Å². The predicted octanol–water partition coefficient (Wildman–Crippen LogP) is 3.15. The molecule has 4 rings (SSSR count). The fourth-order valence-electron chi connectivity index (χ4n) is 2.61. The number of aromatic amines is 1. The average molecular weight is 280 g/mol. The maximum absolute atomic E-state index is 5.47. The Bertz CT molecular complexity index is 710. The Balaban J connectivity index is 1.57. The molecule has 1 aliphatic heterocycles. The highest BCUT2D eigenvalue weighted by atomic mass is 16.7. The molecular formula is C17H16N2O2. The smallest absolute Gasteiger partial charge is 0.161 e. The van der Waals surface area contributed by atoms with Gasteiger partial charge in [0.05, 0.1) is 24.2 Å². The van der Waals surface area contributed by atoms with E-state index >= 15 is 0 Å². The summed E-state index contributed by atoms with van der Waals surface area (Å²) in [5, 5.41) is 0. The quantitative estimate of drug-likeness (QED) is 0.801. The minimum absolute atomic E-state index is 0.0953. The van der Waals surface area contributed by atoms with Crippen LogP contribution in [0.2, 0.25) is 0 Å². The molecule has 0 bridgehead atoms. The van der Waals surface area contributed by atoms with Crippen molar-refractivity contribution >= 4 is 11.0 Å². The number of hydrogen-bond donors (Lipinski definition) is 1. The number of aromatic nitrogens is 2. The van der Waals surface area contributed by atoms with Crippen molar-refractivity contribution in [1.29, 1.82) is 0 Å². The van der Waals surface area contributed by atoms with Crippen molar-refractivity contribution in [2.75, 3.05) is 13.2 Å². The maximum atomic E-state index is 5.47. The second-order valence-corrected chi connectivity index (χ2v) is 5.17. The monoisotopic (exact) mass is 280 g/mol. The van der Waals surface area contributed by atoms with Crippen LogP contribution in [-0.2, 0) is 15.9 Å². The van der Waals surface area contributed by atoms with Crippen molar-refractivity contribution in [3.8, 4) is 11.4 Å².